The molecule has 96 valence electrons. The van der Waals surface area contributed by atoms with Crippen molar-refractivity contribution in [2.75, 3.05) is 6.54 Å². The van der Waals surface area contributed by atoms with Crippen LogP contribution in [-0.2, 0) is 6.54 Å². The fraction of sp³-hybridized carbons (Fsp3) is 0.533. The first-order valence-electron chi connectivity index (χ1n) is 6.52. The first-order valence-corrected chi connectivity index (χ1v) is 6.52. The number of hydrogen-bond acceptors (Lipinski definition) is 2. The van der Waals surface area contributed by atoms with Gasteiger partial charge in [0.25, 0.3) is 0 Å². The Balaban J connectivity index is 2.08. The third-order valence-electron chi connectivity index (χ3n) is 3.46. The van der Waals surface area contributed by atoms with E-state index in [4.69, 9.17) is 5.26 Å². The van der Waals surface area contributed by atoms with E-state index in [1.54, 1.807) is 12.1 Å². The smallest absolute Gasteiger partial charge is 0.140 e. The summed E-state index contributed by atoms with van der Waals surface area (Å²) in [7, 11) is 0. The first-order chi connectivity index (χ1) is 8.60. The summed E-state index contributed by atoms with van der Waals surface area (Å²) >= 11 is 0. The zero-order valence-electron chi connectivity index (χ0n) is 11.0. The van der Waals surface area contributed by atoms with Crippen molar-refractivity contribution < 1.29 is 4.39 Å². The van der Waals surface area contributed by atoms with Crippen LogP contribution in [0.4, 0.5) is 4.39 Å². The van der Waals surface area contributed by atoms with E-state index in [0.29, 0.717) is 6.04 Å². The normalized spacial score (nSPS) is 15.1. The monoisotopic (exact) mass is 246 g/mol. The van der Waals surface area contributed by atoms with Crippen LogP contribution in [-0.4, -0.2) is 17.5 Å². The molecule has 1 aliphatic rings. The van der Waals surface area contributed by atoms with E-state index >= 15 is 0 Å². The minimum Gasteiger partial charge on any atom is -0.296 e. The van der Waals surface area contributed by atoms with Gasteiger partial charge in [-0.05, 0) is 50.3 Å². The van der Waals surface area contributed by atoms with Crippen molar-refractivity contribution in [1.82, 2.24) is 4.90 Å². The van der Waals surface area contributed by atoms with E-state index in [9.17, 15) is 4.39 Å². The van der Waals surface area contributed by atoms with E-state index in [1.807, 2.05) is 6.07 Å². The van der Waals surface area contributed by atoms with Crippen LogP contribution in [0, 0.1) is 23.1 Å². The minimum absolute atomic E-state index is 0.141. The predicted octanol–water partition coefficient (Wildman–Crippen LogP) is 3.32. The Kier molecular flexibility index (Phi) is 3.98. The van der Waals surface area contributed by atoms with E-state index in [0.717, 1.165) is 24.6 Å². The maximum Gasteiger partial charge on any atom is 0.140 e. The van der Waals surface area contributed by atoms with E-state index < -0.39 is 5.82 Å². The second-order valence-electron chi connectivity index (χ2n) is 5.39. The maximum absolute atomic E-state index is 13.2. The van der Waals surface area contributed by atoms with Gasteiger partial charge in [0.1, 0.15) is 11.9 Å². The highest BCUT2D eigenvalue weighted by atomic mass is 19.1. The van der Waals surface area contributed by atoms with Crippen molar-refractivity contribution in [3.63, 3.8) is 0 Å². The lowest BCUT2D eigenvalue weighted by Crippen LogP contribution is -2.32. The highest BCUT2D eigenvalue weighted by molar-refractivity contribution is 5.34. The summed E-state index contributed by atoms with van der Waals surface area (Å²) in [4.78, 5) is 2.39. The van der Waals surface area contributed by atoms with Gasteiger partial charge < -0.3 is 0 Å². The van der Waals surface area contributed by atoms with Gasteiger partial charge in [-0.2, -0.15) is 5.26 Å². The SMILES string of the molecule is CC(C)N(Cc1ccc(F)c(C#N)c1)CC1CC1. The van der Waals surface area contributed by atoms with Gasteiger partial charge in [0.15, 0.2) is 0 Å². The number of rotatable bonds is 5. The fourth-order valence-corrected chi connectivity index (χ4v) is 2.08. The molecule has 0 radical (unpaired) electrons. The highest BCUT2D eigenvalue weighted by Gasteiger charge is 2.25. The van der Waals surface area contributed by atoms with E-state index in [2.05, 4.69) is 18.7 Å². The lowest BCUT2D eigenvalue weighted by atomic mass is 10.1. The van der Waals surface area contributed by atoms with Gasteiger partial charge >= 0.3 is 0 Å². The molecule has 1 saturated carbocycles. The Morgan fingerprint density at radius 1 is 1.44 bits per heavy atom. The molecule has 2 nitrogen and oxygen atoms in total. The Bertz CT molecular complexity index is 458. The van der Waals surface area contributed by atoms with Gasteiger partial charge in [-0.1, -0.05) is 6.07 Å². The average molecular weight is 246 g/mol. The van der Waals surface area contributed by atoms with Crippen LogP contribution in [0.1, 0.15) is 37.8 Å². The largest absolute Gasteiger partial charge is 0.296 e. The average Bonchev–Trinajstić information content (AvgIpc) is 3.14. The standard InChI is InChI=1S/C15H19FN2/c1-11(2)18(9-12-3-4-12)10-13-5-6-15(16)14(7-13)8-17/h5-7,11-12H,3-4,9-10H2,1-2H3. The van der Waals surface area contributed by atoms with Crippen LogP contribution >= 0.6 is 0 Å². The van der Waals surface area contributed by atoms with Crippen molar-refractivity contribution >= 4 is 0 Å². The molecule has 0 unspecified atom stereocenters. The summed E-state index contributed by atoms with van der Waals surface area (Å²) in [6.07, 6.45) is 2.66. The molecule has 0 spiro atoms. The summed E-state index contributed by atoms with van der Waals surface area (Å²) in [6, 6.07) is 7.20. The number of halogens is 1. The highest BCUT2D eigenvalue weighted by Crippen LogP contribution is 2.30. The van der Waals surface area contributed by atoms with Gasteiger partial charge in [0, 0.05) is 19.1 Å². The quantitative estimate of drug-likeness (QED) is 0.797. The van der Waals surface area contributed by atoms with Gasteiger partial charge in [-0.15, -0.1) is 0 Å². The second-order valence-corrected chi connectivity index (χ2v) is 5.39. The van der Waals surface area contributed by atoms with Crippen LogP contribution in [0.15, 0.2) is 18.2 Å². The van der Waals surface area contributed by atoms with Gasteiger partial charge in [0.05, 0.1) is 5.56 Å². The van der Waals surface area contributed by atoms with Crippen molar-refractivity contribution in [2.24, 2.45) is 5.92 Å². The number of nitriles is 1. The van der Waals surface area contributed by atoms with Gasteiger partial charge in [0.2, 0.25) is 0 Å². The van der Waals surface area contributed by atoms with Gasteiger partial charge in [-0.3, -0.25) is 4.90 Å². The number of nitrogens with zero attached hydrogens (tertiary/aromatic N) is 2. The molecule has 0 saturated heterocycles. The molecule has 0 heterocycles. The summed E-state index contributed by atoms with van der Waals surface area (Å²) < 4.78 is 13.2. The lowest BCUT2D eigenvalue weighted by Gasteiger charge is -2.26. The topological polar surface area (TPSA) is 27.0 Å². The van der Waals surface area contributed by atoms with E-state index in [-0.39, 0.29) is 5.56 Å². The van der Waals surface area contributed by atoms with Crippen molar-refractivity contribution in [3.05, 3.63) is 35.1 Å². The predicted molar refractivity (Wildman–Crippen MR) is 69.4 cm³/mol. The zero-order chi connectivity index (χ0) is 13.1. The Hall–Kier alpha value is -1.40. The van der Waals surface area contributed by atoms with E-state index in [1.165, 1.54) is 18.9 Å². The maximum atomic E-state index is 13.2. The molecule has 1 aliphatic carbocycles. The summed E-state index contributed by atoms with van der Waals surface area (Å²) in [6.45, 7) is 6.26. The molecule has 18 heavy (non-hydrogen) atoms. The molecule has 0 N–H and O–H groups in total. The molecular weight excluding hydrogens is 227 g/mol. The number of benzene rings is 1. The molecule has 0 aliphatic heterocycles. The van der Waals surface area contributed by atoms with Crippen LogP contribution < -0.4 is 0 Å². The molecule has 1 aromatic rings. The van der Waals surface area contributed by atoms with Crippen LogP contribution in [0.3, 0.4) is 0 Å². The van der Waals surface area contributed by atoms with Crippen molar-refractivity contribution in [1.29, 1.82) is 5.26 Å². The Morgan fingerprint density at radius 2 is 2.17 bits per heavy atom. The molecule has 1 fully saturated rings. The Morgan fingerprint density at radius 3 is 2.72 bits per heavy atom. The third kappa shape index (κ3) is 3.30. The molecular formula is C15H19FN2. The zero-order valence-corrected chi connectivity index (χ0v) is 11.0. The fourth-order valence-electron chi connectivity index (χ4n) is 2.08. The molecule has 0 atom stereocenters. The van der Waals surface area contributed by atoms with Crippen LogP contribution in [0.25, 0.3) is 0 Å². The third-order valence-corrected chi connectivity index (χ3v) is 3.46. The molecule has 0 bridgehead atoms. The number of hydrogen-bond donors (Lipinski definition) is 0. The Labute approximate surface area is 108 Å². The minimum atomic E-state index is -0.431. The molecule has 0 amide bonds. The summed E-state index contributed by atoms with van der Waals surface area (Å²) in [5.74, 6) is 0.405. The summed E-state index contributed by atoms with van der Waals surface area (Å²) in [5.41, 5.74) is 1.16. The van der Waals surface area contributed by atoms with Crippen LogP contribution in [0.2, 0.25) is 0 Å². The molecule has 0 aromatic heterocycles. The summed E-state index contributed by atoms with van der Waals surface area (Å²) in [5, 5.41) is 8.84. The van der Waals surface area contributed by atoms with Crippen molar-refractivity contribution in [2.45, 2.75) is 39.3 Å². The van der Waals surface area contributed by atoms with Crippen LogP contribution in [0.5, 0.6) is 0 Å². The second kappa shape index (κ2) is 5.49. The van der Waals surface area contributed by atoms with Gasteiger partial charge in [-0.25, -0.2) is 4.39 Å². The molecule has 1 aromatic carbocycles. The molecule has 2 rings (SSSR count). The van der Waals surface area contributed by atoms with Crippen molar-refractivity contribution in [3.8, 4) is 6.07 Å². The lowest BCUT2D eigenvalue weighted by molar-refractivity contribution is 0.203. The molecule has 3 heteroatoms. The first kappa shape index (κ1) is 13.0.